The minimum atomic E-state index is -0.0742. The van der Waals surface area contributed by atoms with E-state index in [0.29, 0.717) is 0 Å². The van der Waals surface area contributed by atoms with Crippen LogP contribution in [0.15, 0.2) is 0 Å². The second kappa shape index (κ2) is 17.2. The molecule has 4 atom stereocenters. The lowest BCUT2D eigenvalue weighted by atomic mass is 9.77. The maximum atomic E-state index is 10.6. The third kappa shape index (κ3) is 13.3. The summed E-state index contributed by atoms with van der Waals surface area (Å²) in [6.07, 6.45) is 21.3. The van der Waals surface area contributed by atoms with Crippen LogP contribution in [0.3, 0.4) is 0 Å². The van der Waals surface area contributed by atoms with Gasteiger partial charge in [-0.2, -0.15) is 0 Å². The quantitative estimate of drug-likeness (QED) is 0.112. The van der Waals surface area contributed by atoms with Crippen LogP contribution in [0.2, 0.25) is 0 Å². The molecule has 0 aromatic heterocycles. The van der Waals surface area contributed by atoms with E-state index in [4.69, 9.17) is 0 Å². The van der Waals surface area contributed by atoms with Gasteiger partial charge in [0.1, 0.15) is 0 Å². The highest BCUT2D eigenvalue weighted by Crippen LogP contribution is 2.35. The van der Waals surface area contributed by atoms with Crippen molar-refractivity contribution in [1.82, 2.24) is 0 Å². The Morgan fingerprint density at radius 1 is 0.800 bits per heavy atom. The molecule has 1 N–H and O–H groups in total. The fourth-order valence-corrected chi connectivity index (χ4v) is 6.48. The highest BCUT2D eigenvalue weighted by atomic mass is 127. The van der Waals surface area contributed by atoms with E-state index in [1.807, 2.05) is 0 Å². The predicted molar refractivity (Wildman–Crippen MR) is 144 cm³/mol. The van der Waals surface area contributed by atoms with E-state index in [-0.39, 0.29) is 6.10 Å². The molecule has 0 spiro atoms. The number of hydrogen-bond donors (Lipinski definition) is 1. The summed E-state index contributed by atoms with van der Waals surface area (Å²) in [5.74, 6) is 4.39. The number of aliphatic hydroxyl groups excluding tert-OH is 1. The van der Waals surface area contributed by atoms with Crippen molar-refractivity contribution in [2.24, 2.45) is 29.6 Å². The number of rotatable bonds is 17. The monoisotopic (exact) mass is 534 g/mol. The van der Waals surface area contributed by atoms with Gasteiger partial charge in [0, 0.05) is 3.92 Å². The Bertz CT molecular complexity index is 386. The van der Waals surface area contributed by atoms with Crippen molar-refractivity contribution in [2.45, 2.75) is 147 Å². The van der Waals surface area contributed by atoms with Gasteiger partial charge < -0.3 is 5.11 Å². The predicted octanol–water partition coefficient (Wildman–Crippen LogP) is 9.59. The Morgan fingerprint density at radius 3 is 2.00 bits per heavy atom. The summed E-state index contributed by atoms with van der Waals surface area (Å²) in [4.78, 5) is 0. The minimum Gasteiger partial charge on any atom is -0.393 e. The van der Waals surface area contributed by atoms with Gasteiger partial charge in [-0.1, -0.05) is 128 Å². The summed E-state index contributed by atoms with van der Waals surface area (Å²) >= 11 is 2.66. The van der Waals surface area contributed by atoms with Gasteiger partial charge >= 0.3 is 0 Å². The topological polar surface area (TPSA) is 20.2 Å². The highest BCUT2D eigenvalue weighted by Gasteiger charge is 2.22. The molecule has 0 heterocycles. The van der Waals surface area contributed by atoms with Crippen molar-refractivity contribution in [3.8, 4) is 0 Å². The van der Waals surface area contributed by atoms with Crippen LogP contribution in [0.1, 0.15) is 137 Å². The number of halogens is 1. The van der Waals surface area contributed by atoms with Crippen LogP contribution in [0, 0.1) is 29.6 Å². The molecule has 1 saturated carbocycles. The molecule has 1 aliphatic carbocycles. The SMILES string of the molecule is CCCCC(CC(C)C)CC(O)CCCCC(CC[C@H]1CC[C@@H](CC)CC1)[C@@H](C)I. The van der Waals surface area contributed by atoms with Crippen LogP contribution in [-0.4, -0.2) is 15.1 Å². The van der Waals surface area contributed by atoms with Crippen molar-refractivity contribution in [3.05, 3.63) is 0 Å². The third-order valence-electron chi connectivity index (χ3n) is 7.88. The molecule has 180 valence electrons. The van der Waals surface area contributed by atoms with E-state index < -0.39 is 0 Å². The summed E-state index contributed by atoms with van der Waals surface area (Å²) in [5.41, 5.74) is 0. The third-order valence-corrected chi connectivity index (χ3v) is 8.89. The zero-order valence-corrected chi connectivity index (χ0v) is 23.3. The molecule has 0 aromatic carbocycles. The Labute approximate surface area is 204 Å². The van der Waals surface area contributed by atoms with Crippen LogP contribution in [0.4, 0.5) is 0 Å². The number of hydrogen-bond acceptors (Lipinski definition) is 1. The summed E-state index contributed by atoms with van der Waals surface area (Å²) < 4.78 is 0.781. The van der Waals surface area contributed by atoms with Crippen molar-refractivity contribution in [1.29, 1.82) is 0 Å². The molecule has 1 aliphatic rings. The van der Waals surface area contributed by atoms with Crippen molar-refractivity contribution >= 4 is 22.6 Å². The van der Waals surface area contributed by atoms with Crippen molar-refractivity contribution in [3.63, 3.8) is 0 Å². The fraction of sp³-hybridized carbons (Fsp3) is 1.00. The van der Waals surface area contributed by atoms with E-state index in [9.17, 15) is 5.11 Å². The van der Waals surface area contributed by atoms with E-state index in [1.54, 1.807) is 0 Å². The average molecular weight is 535 g/mol. The second-order valence-electron chi connectivity index (χ2n) is 11.1. The molecule has 2 heteroatoms. The summed E-state index contributed by atoms with van der Waals surface area (Å²) in [6, 6.07) is 0. The van der Waals surface area contributed by atoms with Gasteiger partial charge in [-0.05, 0) is 61.7 Å². The molecular weight excluding hydrogens is 479 g/mol. The Kier molecular flexibility index (Phi) is 16.5. The molecule has 1 nitrogen and oxygen atoms in total. The Hall–Kier alpha value is 0.690. The number of unbranched alkanes of at least 4 members (excludes halogenated alkanes) is 2. The van der Waals surface area contributed by atoms with E-state index in [2.05, 4.69) is 57.2 Å². The van der Waals surface area contributed by atoms with Gasteiger partial charge in [-0.3, -0.25) is 0 Å². The number of alkyl halides is 1. The molecule has 1 fully saturated rings. The van der Waals surface area contributed by atoms with Crippen LogP contribution >= 0.6 is 22.6 Å². The second-order valence-corrected chi connectivity index (χ2v) is 13.1. The van der Waals surface area contributed by atoms with Crippen LogP contribution in [0.5, 0.6) is 0 Å². The molecule has 1 rings (SSSR count). The Balaban J connectivity index is 2.24. The lowest BCUT2D eigenvalue weighted by Gasteiger charge is -2.29. The minimum absolute atomic E-state index is 0.0742. The lowest BCUT2D eigenvalue weighted by molar-refractivity contribution is 0.120. The molecule has 30 heavy (non-hydrogen) atoms. The summed E-state index contributed by atoms with van der Waals surface area (Å²) in [5, 5.41) is 10.6. The van der Waals surface area contributed by atoms with Crippen LogP contribution in [-0.2, 0) is 0 Å². The van der Waals surface area contributed by atoms with E-state index in [0.717, 1.165) is 46.4 Å². The molecule has 0 amide bonds. The molecule has 0 aliphatic heterocycles. The maximum Gasteiger partial charge on any atom is 0.0542 e. The van der Waals surface area contributed by atoms with Crippen molar-refractivity contribution in [2.75, 3.05) is 0 Å². The van der Waals surface area contributed by atoms with Gasteiger partial charge in [-0.25, -0.2) is 0 Å². The normalized spacial score (nSPS) is 24.0. The molecule has 0 radical (unpaired) electrons. The first-order valence-electron chi connectivity index (χ1n) is 13.7. The van der Waals surface area contributed by atoms with Gasteiger partial charge in [0.25, 0.3) is 0 Å². The maximum absolute atomic E-state index is 10.6. The van der Waals surface area contributed by atoms with Crippen LogP contribution in [0.25, 0.3) is 0 Å². The van der Waals surface area contributed by atoms with E-state index in [1.165, 1.54) is 89.9 Å². The highest BCUT2D eigenvalue weighted by molar-refractivity contribution is 14.1. The summed E-state index contributed by atoms with van der Waals surface area (Å²) in [7, 11) is 0. The van der Waals surface area contributed by atoms with Gasteiger partial charge in [-0.15, -0.1) is 0 Å². The van der Waals surface area contributed by atoms with Gasteiger partial charge in [0.15, 0.2) is 0 Å². The number of aliphatic hydroxyl groups is 1. The molecule has 3 unspecified atom stereocenters. The molecular formula is C28H55IO. The Morgan fingerprint density at radius 2 is 1.43 bits per heavy atom. The van der Waals surface area contributed by atoms with E-state index >= 15 is 0 Å². The van der Waals surface area contributed by atoms with Crippen LogP contribution < -0.4 is 0 Å². The first kappa shape index (κ1) is 28.7. The lowest BCUT2D eigenvalue weighted by Crippen LogP contribution is -2.18. The zero-order chi connectivity index (χ0) is 22.4. The molecule has 0 saturated heterocycles. The van der Waals surface area contributed by atoms with Crippen molar-refractivity contribution < 1.29 is 5.11 Å². The van der Waals surface area contributed by atoms with Gasteiger partial charge in [0.2, 0.25) is 0 Å². The summed E-state index contributed by atoms with van der Waals surface area (Å²) in [6.45, 7) is 11.7. The molecule has 0 aromatic rings. The van der Waals surface area contributed by atoms with Gasteiger partial charge in [0.05, 0.1) is 6.10 Å². The largest absolute Gasteiger partial charge is 0.393 e. The smallest absolute Gasteiger partial charge is 0.0542 e. The zero-order valence-electron chi connectivity index (χ0n) is 21.2. The average Bonchev–Trinajstić information content (AvgIpc) is 2.71. The fourth-order valence-electron chi connectivity index (χ4n) is 5.76. The standard InChI is InChI=1S/C28H55IO/c1-6-8-11-26(20-22(3)4)21-28(30)13-10-9-12-27(23(5)29)19-18-25-16-14-24(7-2)15-17-25/h22-28,30H,6-21H2,1-5H3/t23-,24-,25+,26?,27?,28?/m1/s1. The first-order chi connectivity index (χ1) is 14.3. The first-order valence-corrected chi connectivity index (χ1v) is 14.9. The molecule has 0 bridgehead atoms.